The molecule has 0 aromatic heterocycles. The van der Waals surface area contributed by atoms with E-state index in [2.05, 4.69) is 0 Å². The van der Waals surface area contributed by atoms with E-state index in [1.165, 1.54) is 6.92 Å². The van der Waals surface area contributed by atoms with Crippen LogP contribution in [0.3, 0.4) is 0 Å². The summed E-state index contributed by atoms with van der Waals surface area (Å²) in [5.41, 5.74) is 0. The summed E-state index contributed by atoms with van der Waals surface area (Å²) in [6, 6.07) is -1.07. The average Bonchev–Trinajstić information content (AvgIpc) is 2.71. The molecule has 2 aliphatic carbocycles. The van der Waals surface area contributed by atoms with Gasteiger partial charge in [-0.05, 0) is 25.7 Å². The topological polar surface area (TPSA) is 191 Å². The highest BCUT2D eigenvalue weighted by molar-refractivity contribution is 5.83. The molecular formula is C19H27NO11. The SMILES string of the molecule is CCC(OC(=O)C1CC(O)CCC1C(=O)O)OC(=O)C1CC([N+](=O)[O-])CCC1C(=O)O. The Labute approximate surface area is 177 Å². The van der Waals surface area contributed by atoms with Gasteiger partial charge in [-0.15, -0.1) is 0 Å². The van der Waals surface area contributed by atoms with Crippen LogP contribution in [0.25, 0.3) is 0 Å². The van der Waals surface area contributed by atoms with Crippen LogP contribution < -0.4 is 0 Å². The van der Waals surface area contributed by atoms with E-state index in [1.54, 1.807) is 0 Å². The van der Waals surface area contributed by atoms with E-state index in [1.807, 2.05) is 0 Å². The maximum Gasteiger partial charge on any atom is 0.313 e. The van der Waals surface area contributed by atoms with E-state index in [-0.39, 0.29) is 44.9 Å². The van der Waals surface area contributed by atoms with Crippen LogP contribution in [0.2, 0.25) is 0 Å². The molecule has 7 atom stereocenters. The maximum atomic E-state index is 12.6. The lowest BCUT2D eigenvalue weighted by molar-refractivity contribution is -0.528. The zero-order valence-electron chi connectivity index (χ0n) is 17.0. The van der Waals surface area contributed by atoms with Gasteiger partial charge < -0.3 is 24.8 Å². The molecule has 0 radical (unpaired) electrons. The van der Waals surface area contributed by atoms with Crippen LogP contribution in [0, 0.1) is 33.8 Å². The van der Waals surface area contributed by atoms with Crippen LogP contribution in [-0.2, 0) is 28.7 Å². The highest BCUT2D eigenvalue weighted by Gasteiger charge is 2.45. The van der Waals surface area contributed by atoms with Gasteiger partial charge in [-0.25, -0.2) is 0 Å². The summed E-state index contributed by atoms with van der Waals surface area (Å²) in [5.74, 6) is -9.00. The molecule has 12 heteroatoms. The standard InChI is InChI=1S/C19H27NO11/c1-2-15(31-19(27)14-8-10(21)4-6-12(14)17(24)25)30-18(26)13-7-9(20(28)29)3-5-11(13)16(22)23/h9-15,21H,2-8H2,1H3,(H,22,23)(H,24,25). The fraction of sp³-hybridized carbons (Fsp3) is 0.789. The number of carboxylic acids is 2. The van der Waals surface area contributed by atoms with Gasteiger partial charge in [0.1, 0.15) is 0 Å². The zero-order valence-corrected chi connectivity index (χ0v) is 17.0. The molecule has 2 saturated carbocycles. The molecule has 0 aromatic rings. The third kappa shape index (κ3) is 6.12. The van der Waals surface area contributed by atoms with Crippen molar-refractivity contribution >= 4 is 23.9 Å². The maximum absolute atomic E-state index is 12.6. The minimum atomic E-state index is -1.40. The number of aliphatic hydroxyl groups excluding tert-OH is 1. The molecule has 0 spiro atoms. The highest BCUT2D eigenvalue weighted by atomic mass is 16.7. The predicted octanol–water partition coefficient (Wildman–Crippen LogP) is 0.817. The van der Waals surface area contributed by atoms with E-state index in [4.69, 9.17) is 9.47 Å². The second-order valence-corrected chi connectivity index (χ2v) is 8.03. The summed E-state index contributed by atoms with van der Waals surface area (Å²) >= 11 is 0. The van der Waals surface area contributed by atoms with Crippen molar-refractivity contribution in [3.63, 3.8) is 0 Å². The van der Waals surface area contributed by atoms with Gasteiger partial charge in [0.2, 0.25) is 12.3 Å². The Hall–Kier alpha value is -2.76. The molecule has 12 nitrogen and oxygen atoms in total. The van der Waals surface area contributed by atoms with Gasteiger partial charge in [0, 0.05) is 24.2 Å². The van der Waals surface area contributed by atoms with Crippen LogP contribution in [0.4, 0.5) is 0 Å². The first-order chi connectivity index (χ1) is 14.5. The first-order valence-corrected chi connectivity index (χ1v) is 10.2. The second kappa shape index (κ2) is 10.5. The smallest absolute Gasteiger partial charge is 0.313 e. The normalized spacial score (nSPS) is 31.8. The van der Waals surface area contributed by atoms with Gasteiger partial charge in [-0.3, -0.25) is 29.3 Å². The zero-order chi connectivity index (χ0) is 23.3. The number of aliphatic carboxylic acids is 2. The summed E-state index contributed by atoms with van der Waals surface area (Å²) < 4.78 is 10.3. The van der Waals surface area contributed by atoms with Gasteiger partial charge in [-0.1, -0.05) is 6.92 Å². The Kier molecular flexibility index (Phi) is 8.31. The lowest BCUT2D eigenvalue weighted by atomic mass is 9.77. The van der Waals surface area contributed by atoms with Gasteiger partial charge in [0.25, 0.3) is 0 Å². The van der Waals surface area contributed by atoms with Crippen LogP contribution >= 0.6 is 0 Å². The lowest BCUT2D eigenvalue weighted by Gasteiger charge is -2.32. The number of rotatable bonds is 8. The number of nitrogens with zero attached hydrogens (tertiary/aromatic N) is 1. The summed E-state index contributed by atoms with van der Waals surface area (Å²) in [6.45, 7) is 1.53. The third-order valence-corrected chi connectivity index (χ3v) is 6.01. The fourth-order valence-corrected chi connectivity index (χ4v) is 4.22. The molecule has 0 bridgehead atoms. The molecule has 2 rings (SSSR count). The fourth-order valence-electron chi connectivity index (χ4n) is 4.22. The molecule has 0 saturated heterocycles. The Balaban J connectivity index is 2.07. The Bertz CT molecular complexity index is 724. The van der Waals surface area contributed by atoms with Crippen LogP contribution in [0.1, 0.15) is 51.9 Å². The van der Waals surface area contributed by atoms with E-state index in [9.17, 15) is 44.6 Å². The quantitative estimate of drug-likeness (QED) is 0.207. The number of esters is 2. The molecule has 31 heavy (non-hydrogen) atoms. The summed E-state index contributed by atoms with van der Waals surface area (Å²) in [6.07, 6.45) is -2.35. The van der Waals surface area contributed by atoms with Crippen molar-refractivity contribution < 1.29 is 48.9 Å². The number of nitro groups is 1. The summed E-state index contributed by atoms with van der Waals surface area (Å²) in [5, 5.41) is 39.5. The molecule has 0 heterocycles. The van der Waals surface area contributed by atoms with Crippen molar-refractivity contribution in [1.82, 2.24) is 0 Å². The number of carbonyl (C=O) groups excluding carboxylic acids is 2. The third-order valence-electron chi connectivity index (χ3n) is 6.01. The van der Waals surface area contributed by atoms with Gasteiger partial charge in [-0.2, -0.15) is 0 Å². The van der Waals surface area contributed by atoms with E-state index >= 15 is 0 Å². The van der Waals surface area contributed by atoms with Crippen molar-refractivity contribution in [2.75, 3.05) is 0 Å². The molecule has 0 amide bonds. The number of hydrogen-bond acceptors (Lipinski definition) is 9. The van der Waals surface area contributed by atoms with Gasteiger partial charge in [0.15, 0.2) is 0 Å². The molecule has 3 N–H and O–H groups in total. The van der Waals surface area contributed by atoms with Crippen LogP contribution in [-0.4, -0.2) is 62.6 Å². The number of aliphatic hydroxyl groups is 1. The van der Waals surface area contributed by atoms with Crippen molar-refractivity contribution in [2.45, 2.75) is 70.3 Å². The number of ether oxygens (including phenoxy) is 2. The largest absolute Gasteiger partial charge is 0.481 e. The van der Waals surface area contributed by atoms with Crippen LogP contribution in [0.15, 0.2) is 0 Å². The predicted molar refractivity (Wildman–Crippen MR) is 100.0 cm³/mol. The number of carbonyl (C=O) groups is 4. The van der Waals surface area contributed by atoms with Gasteiger partial charge >= 0.3 is 23.9 Å². The molecule has 0 aliphatic heterocycles. The number of carboxylic acid groups (broad SMARTS) is 2. The van der Waals surface area contributed by atoms with E-state index < -0.39 is 70.9 Å². The lowest BCUT2D eigenvalue weighted by Crippen LogP contribution is -2.43. The Morgan fingerprint density at radius 3 is 1.84 bits per heavy atom. The molecule has 2 aliphatic rings. The van der Waals surface area contributed by atoms with Crippen molar-refractivity contribution in [3.05, 3.63) is 10.1 Å². The Morgan fingerprint density at radius 1 is 0.903 bits per heavy atom. The van der Waals surface area contributed by atoms with Crippen molar-refractivity contribution in [3.8, 4) is 0 Å². The minimum absolute atomic E-state index is 0.00755. The summed E-state index contributed by atoms with van der Waals surface area (Å²) in [7, 11) is 0. The molecular weight excluding hydrogens is 418 g/mol. The van der Waals surface area contributed by atoms with E-state index in [0.717, 1.165) is 0 Å². The average molecular weight is 445 g/mol. The molecule has 174 valence electrons. The van der Waals surface area contributed by atoms with Crippen molar-refractivity contribution in [1.29, 1.82) is 0 Å². The molecule has 2 fully saturated rings. The molecule has 0 aromatic carbocycles. The monoisotopic (exact) mass is 445 g/mol. The second-order valence-electron chi connectivity index (χ2n) is 8.03. The van der Waals surface area contributed by atoms with Crippen molar-refractivity contribution in [2.24, 2.45) is 23.7 Å². The highest BCUT2D eigenvalue weighted by Crippen LogP contribution is 2.34. The summed E-state index contributed by atoms with van der Waals surface area (Å²) in [4.78, 5) is 58.5. The number of hydrogen-bond donors (Lipinski definition) is 3. The van der Waals surface area contributed by atoms with Crippen LogP contribution in [0.5, 0.6) is 0 Å². The molecule has 7 unspecified atom stereocenters. The first kappa shape index (κ1) is 24.5. The van der Waals surface area contributed by atoms with E-state index in [0.29, 0.717) is 0 Å². The van der Waals surface area contributed by atoms with Gasteiger partial charge in [0.05, 0.1) is 29.8 Å². The Morgan fingerprint density at radius 2 is 1.39 bits per heavy atom. The first-order valence-electron chi connectivity index (χ1n) is 10.2. The minimum Gasteiger partial charge on any atom is -0.481 e.